The number of pyridine rings is 1. The molecule has 0 bridgehead atoms. The zero-order valence-electron chi connectivity index (χ0n) is 10.7. The van der Waals surface area contributed by atoms with Crippen LogP contribution in [0, 0.1) is 0 Å². The fourth-order valence-electron chi connectivity index (χ4n) is 2.16. The van der Waals surface area contributed by atoms with E-state index in [2.05, 4.69) is 65.7 Å². The van der Waals surface area contributed by atoms with Crippen LogP contribution in [0.1, 0.15) is 11.1 Å². The maximum atomic E-state index is 4.12. The Labute approximate surface area is 113 Å². The van der Waals surface area contributed by atoms with Crippen LogP contribution in [0.25, 0.3) is 16.8 Å². The number of rotatable bonds is 3. The van der Waals surface area contributed by atoms with Crippen LogP contribution in [-0.4, -0.2) is 4.98 Å². The first-order valence-electron chi connectivity index (χ1n) is 6.46. The molecule has 0 saturated carbocycles. The average molecular weight is 245 g/mol. The summed E-state index contributed by atoms with van der Waals surface area (Å²) in [6.45, 7) is 0. The Bertz CT molecular complexity index is 699. The number of benzene rings is 2. The molecule has 0 fully saturated rings. The Morgan fingerprint density at radius 3 is 2.63 bits per heavy atom. The van der Waals surface area contributed by atoms with E-state index in [4.69, 9.17) is 0 Å². The molecule has 0 N–H and O–H groups in total. The first-order chi connectivity index (χ1) is 9.42. The van der Waals surface area contributed by atoms with E-state index in [9.17, 15) is 0 Å². The van der Waals surface area contributed by atoms with Gasteiger partial charge in [0.15, 0.2) is 0 Å². The highest BCUT2D eigenvalue weighted by Crippen LogP contribution is 2.16. The fraction of sp³-hybridized carbons (Fsp3) is 0.0556. The van der Waals surface area contributed by atoms with E-state index in [-0.39, 0.29) is 0 Å². The molecule has 0 aliphatic heterocycles. The van der Waals surface area contributed by atoms with Crippen LogP contribution >= 0.6 is 0 Å². The molecule has 19 heavy (non-hydrogen) atoms. The molecule has 3 rings (SSSR count). The second-order valence-corrected chi connectivity index (χ2v) is 4.57. The van der Waals surface area contributed by atoms with Crippen molar-refractivity contribution in [2.24, 2.45) is 0 Å². The average Bonchev–Trinajstić information content (AvgIpc) is 2.48. The van der Waals surface area contributed by atoms with E-state index >= 15 is 0 Å². The third-order valence-electron chi connectivity index (χ3n) is 3.16. The molecule has 0 spiro atoms. The number of fused-ring (bicyclic) bond motifs is 1. The van der Waals surface area contributed by atoms with Crippen LogP contribution in [0.3, 0.4) is 0 Å². The monoisotopic (exact) mass is 245 g/mol. The molecule has 3 aromatic rings. The summed E-state index contributed by atoms with van der Waals surface area (Å²) in [4.78, 5) is 4.12. The molecule has 0 atom stereocenters. The van der Waals surface area contributed by atoms with Gasteiger partial charge in [0, 0.05) is 12.4 Å². The van der Waals surface area contributed by atoms with E-state index in [0.29, 0.717) is 0 Å². The first-order valence-corrected chi connectivity index (χ1v) is 6.46. The number of aromatic nitrogens is 1. The minimum atomic E-state index is 0.917. The number of hydrogen-bond donors (Lipinski definition) is 0. The van der Waals surface area contributed by atoms with E-state index < -0.39 is 0 Å². The van der Waals surface area contributed by atoms with Crippen LogP contribution in [0.15, 0.2) is 73.1 Å². The zero-order chi connectivity index (χ0) is 12.9. The van der Waals surface area contributed by atoms with Gasteiger partial charge in [0.05, 0.1) is 0 Å². The van der Waals surface area contributed by atoms with Crippen molar-refractivity contribution >= 4 is 16.8 Å². The van der Waals surface area contributed by atoms with Crippen molar-refractivity contribution in [3.05, 3.63) is 84.2 Å². The lowest BCUT2D eigenvalue weighted by Crippen LogP contribution is -1.81. The lowest BCUT2D eigenvalue weighted by atomic mass is 10.1. The third kappa shape index (κ3) is 2.89. The normalized spacial score (nSPS) is 11.2. The maximum Gasteiger partial charge on any atom is 0.0303 e. The molecule has 92 valence electrons. The minimum Gasteiger partial charge on any atom is -0.264 e. The van der Waals surface area contributed by atoms with Crippen molar-refractivity contribution in [1.29, 1.82) is 0 Å². The van der Waals surface area contributed by atoms with Crippen molar-refractivity contribution in [2.75, 3.05) is 0 Å². The lowest BCUT2D eigenvalue weighted by molar-refractivity contribution is 1.19. The predicted molar refractivity (Wildman–Crippen MR) is 80.9 cm³/mol. The summed E-state index contributed by atoms with van der Waals surface area (Å²) in [6.07, 6.45) is 8.97. The van der Waals surface area contributed by atoms with Gasteiger partial charge < -0.3 is 0 Å². The highest BCUT2D eigenvalue weighted by atomic mass is 14.6. The summed E-state index contributed by atoms with van der Waals surface area (Å²) in [7, 11) is 0. The molecule has 1 heterocycles. The van der Waals surface area contributed by atoms with Crippen molar-refractivity contribution < 1.29 is 0 Å². The molecule has 0 unspecified atom stereocenters. The summed E-state index contributed by atoms with van der Waals surface area (Å²) in [5.74, 6) is 0. The molecule has 1 nitrogen and oxygen atoms in total. The van der Waals surface area contributed by atoms with Crippen LogP contribution in [-0.2, 0) is 6.42 Å². The molecule has 0 saturated heterocycles. The minimum absolute atomic E-state index is 0.917. The molecular weight excluding hydrogens is 230 g/mol. The van der Waals surface area contributed by atoms with Crippen molar-refractivity contribution in [3.8, 4) is 0 Å². The molecule has 0 radical (unpaired) electrons. The lowest BCUT2D eigenvalue weighted by Gasteiger charge is -1.99. The van der Waals surface area contributed by atoms with Crippen LogP contribution in [0.4, 0.5) is 0 Å². The van der Waals surface area contributed by atoms with Crippen molar-refractivity contribution in [3.63, 3.8) is 0 Å². The smallest absolute Gasteiger partial charge is 0.0303 e. The molecule has 0 aliphatic rings. The van der Waals surface area contributed by atoms with Gasteiger partial charge in [-0.15, -0.1) is 0 Å². The largest absolute Gasteiger partial charge is 0.264 e. The van der Waals surface area contributed by atoms with E-state index in [0.717, 1.165) is 6.42 Å². The molecular formula is C18H15N. The van der Waals surface area contributed by atoms with Crippen molar-refractivity contribution in [2.45, 2.75) is 6.42 Å². The SMILES string of the molecule is C(=Cc1ccc2ccccc2c1)Cc1cccnc1. The summed E-state index contributed by atoms with van der Waals surface area (Å²) in [5.41, 5.74) is 2.47. The predicted octanol–water partition coefficient (Wildman–Crippen LogP) is 4.49. The topological polar surface area (TPSA) is 12.9 Å². The Morgan fingerprint density at radius 1 is 0.895 bits per heavy atom. The van der Waals surface area contributed by atoms with Crippen LogP contribution in [0.5, 0.6) is 0 Å². The maximum absolute atomic E-state index is 4.12. The van der Waals surface area contributed by atoms with Gasteiger partial charge in [-0.3, -0.25) is 4.98 Å². The van der Waals surface area contributed by atoms with Gasteiger partial charge in [-0.1, -0.05) is 54.6 Å². The van der Waals surface area contributed by atoms with Gasteiger partial charge >= 0.3 is 0 Å². The van der Waals surface area contributed by atoms with E-state index in [1.165, 1.54) is 21.9 Å². The van der Waals surface area contributed by atoms with E-state index in [1.54, 1.807) is 6.20 Å². The van der Waals surface area contributed by atoms with Gasteiger partial charge in [-0.05, 0) is 40.5 Å². The Balaban J connectivity index is 1.78. The van der Waals surface area contributed by atoms with Gasteiger partial charge in [0.25, 0.3) is 0 Å². The second-order valence-electron chi connectivity index (χ2n) is 4.57. The van der Waals surface area contributed by atoms with Crippen LogP contribution < -0.4 is 0 Å². The molecule has 0 aliphatic carbocycles. The zero-order valence-corrected chi connectivity index (χ0v) is 10.7. The molecule has 1 heteroatoms. The third-order valence-corrected chi connectivity index (χ3v) is 3.16. The molecule has 2 aromatic carbocycles. The number of nitrogens with zero attached hydrogens (tertiary/aromatic N) is 1. The number of allylic oxidation sites excluding steroid dienone is 1. The summed E-state index contributed by atoms with van der Waals surface area (Å²) in [6, 6.07) is 19.0. The summed E-state index contributed by atoms with van der Waals surface area (Å²) < 4.78 is 0. The molecule has 0 amide bonds. The van der Waals surface area contributed by atoms with Gasteiger partial charge in [-0.2, -0.15) is 0 Å². The first kappa shape index (κ1) is 11.7. The van der Waals surface area contributed by atoms with Crippen LogP contribution in [0.2, 0.25) is 0 Å². The van der Waals surface area contributed by atoms with Gasteiger partial charge in [0.2, 0.25) is 0 Å². The van der Waals surface area contributed by atoms with E-state index in [1.807, 2.05) is 12.3 Å². The highest BCUT2D eigenvalue weighted by Gasteiger charge is 1.93. The molecule has 1 aromatic heterocycles. The standard InChI is InChI=1S/C18H15N/c1-2-9-18-13-15(10-11-17(18)8-1)5-3-6-16-7-4-12-19-14-16/h1-5,7-14H,6H2. The highest BCUT2D eigenvalue weighted by molar-refractivity contribution is 5.84. The van der Waals surface area contributed by atoms with Gasteiger partial charge in [0.1, 0.15) is 0 Å². The Hall–Kier alpha value is -2.41. The Morgan fingerprint density at radius 2 is 1.79 bits per heavy atom. The van der Waals surface area contributed by atoms with Crippen molar-refractivity contribution in [1.82, 2.24) is 4.98 Å². The summed E-state index contributed by atoms with van der Waals surface area (Å²) >= 11 is 0. The number of hydrogen-bond acceptors (Lipinski definition) is 1. The Kier molecular flexibility index (Phi) is 3.37. The summed E-state index contributed by atoms with van der Waals surface area (Å²) in [5, 5.41) is 2.57. The quantitative estimate of drug-likeness (QED) is 0.662. The fourth-order valence-corrected chi connectivity index (χ4v) is 2.16. The second kappa shape index (κ2) is 5.49. The van der Waals surface area contributed by atoms with Gasteiger partial charge in [-0.25, -0.2) is 0 Å².